The van der Waals surface area contributed by atoms with Crippen LogP contribution in [0.2, 0.25) is 0 Å². The van der Waals surface area contributed by atoms with Crippen LogP contribution in [-0.4, -0.2) is 15.5 Å². The van der Waals surface area contributed by atoms with Crippen LogP contribution in [0.4, 0.5) is 0 Å². The standard InChI is InChI=1S/C22H31N3O/c1-22(2,3)18-12-10-17(11-13-18)21(26)24-19(16-8-6-5-7-9-16)20-23-14-15-25(20)4/h5-9,14-15,17-19H,10-13H2,1-4H3,(H,24,26)/t17?,18?,19-/m1/s1. The van der Waals surface area contributed by atoms with Crippen molar-refractivity contribution in [2.75, 3.05) is 0 Å². The largest absolute Gasteiger partial charge is 0.342 e. The normalized spacial score (nSPS) is 22.0. The molecule has 1 amide bonds. The quantitative estimate of drug-likeness (QED) is 0.881. The second-order valence-corrected chi connectivity index (χ2v) is 8.66. The first kappa shape index (κ1) is 18.7. The van der Waals surface area contributed by atoms with Crippen molar-refractivity contribution in [3.8, 4) is 0 Å². The lowest BCUT2D eigenvalue weighted by Crippen LogP contribution is -2.38. The molecule has 1 aliphatic rings. The maximum absolute atomic E-state index is 13.0. The number of nitrogens with zero attached hydrogens (tertiary/aromatic N) is 2. The van der Waals surface area contributed by atoms with E-state index in [2.05, 4.69) is 43.2 Å². The zero-order valence-electron chi connectivity index (χ0n) is 16.4. The molecule has 2 aromatic rings. The van der Waals surface area contributed by atoms with Crippen LogP contribution in [0.25, 0.3) is 0 Å². The van der Waals surface area contributed by atoms with Gasteiger partial charge < -0.3 is 9.88 Å². The number of benzene rings is 1. The van der Waals surface area contributed by atoms with Gasteiger partial charge in [-0.15, -0.1) is 0 Å². The zero-order chi connectivity index (χ0) is 18.7. The molecule has 1 aliphatic carbocycles. The van der Waals surface area contributed by atoms with Crippen LogP contribution >= 0.6 is 0 Å². The fraction of sp³-hybridized carbons (Fsp3) is 0.545. The van der Waals surface area contributed by atoms with E-state index in [-0.39, 0.29) is 17.9 Å². The zero-order valence-corrected chi connectivity index (χ0v) is 16.4. The van der Waals surface area contributed by atoms with Gasteiger partial charge in [-0.25, -0.2) is 4.98 Å². The number of carbonyl (C=O) groups is 1. The summed E-state index contributed by atoms with van der Waals surface area (Å²) in [7, 11) is 1.97. The summed E-state index contributed by atoms with van der Waals surface area (Å²) in [4.78, 5) is 17.5. The van der Waals surface area contributed by atoms with Gasteiger partial charge in [0.1, 0.15) is 11.9 Å². The van der Waals surface area contributed by atoms with Crippen LogP contribution in [0.3, 0.4) is 0 Å². The highest BCUT2D eigenvalue weighted by molar-refractivity contribution is 5.79. The second-order valence-electron chi connectivity index (χ2n) is 8.66. The van der Waals surface area contributed by atoms with Crippen LogP contribution in [-0.2, 0) is 11.8 Å². The van der Waals surface area contributed by atoms with E-state index in [1.54, 1.807) is 6.20 Å². The number of amides is 1. The summed E-state index contributed by atoms with van der Waals surface area (Å²) in [5, 5.41) is 3.28. The van der Waals surface area contributed by atoms with E-state index in [0.29, 0.717) is 11.3 Å². The molecule has 0 radical (unpaired) electrons. The molecule has 0 aliphatic heterocycles. The van der Waals surface area contributed by atoms with Gasteiger partial charge in [0.05, 0.1) is 0 Å². The van der Waals surface area contributed by atoms with Gasteiger partial charge in [-0.3, -0.25) is 4.79 Å². The van der Waals surface area contributed by atoms with E-state index in [9.17, 15) is 4.79 Å². The van der Waals surface area contributed by atoms with Crippen molar-refractivity contribution in [2.24, 2.45) is 24.3 Å². The Morgan fingerprint density at radius 3 is 2.35 bits per heavy atom. The van der Waals surface area contributed by atoms with Gasteiger partial charge in [-0.1, -0.05) is 51.1 Å². The maximum atomic E-state index is 13.0. The summed E-state index contributed by atoms with van der Waals surface area (Å²) in [6, 6.07) is 9.91. The van der Waals surface area contributed by atoms with Gasteiger partial charge >= 0.3 is 0 Å². The Hall–Kier alpha value is -2.10. The first-order chi connectivity index (χ1) is 12.4. The third kappa shape index (κ3) is 4.17. The van der Waals surface area contributed by atoms with Crippen molar-refractivity contribution in [1.29, 1.82) is 0 Å². The number of hydrogen-bond acceptors (Lipinski definition) is 2. The minimum Gasteiger partial charge on any atom is -0.342 e. The SMILES string of the molecule is Cn1ccnc1[C@H](NC(=O)C1CCC(C(C)(C)C)CC1)c1ccccc1. The van der Waals surface area contributed by atoms with Gasteiger partial charge in [-0.2, -0.15) is 0 Å². The number of nitrogens with one attached hydrogen (secondary N) is 1. The first-order valence-corrected chi connectivity index (χ1v) is 9.69. The van der Waals surface area contributed by atoms with Crippen LogP contribution in [0, 0.1) is 17.3 Å². The molecule has 0 bridgehead atoms. The summed E-state index contributed by atoms with van der Waals surface area (Å²) in [6.07, 6.45) is 7.95. The number of rotatable bonds is 4. The van der Waals surface area contributed by atoms with E-state index in [1.165, 1.54) is 0 Å². The predicted molar refractivity (Wildman–Crippen MR) is 105 cm³/mol. The molecule has 1 heterocycles. The van der Waals surface area contributed by atoms with Crippen molar-refractivity contribution >= 4 is 5.91 Å². The highest BCUT2D eigenvalue weighted by Gasteiger charge is 2.33. The Morgan fingerprint density at radius 1 is 1.15 bits per heavy atom. The van der Waals surface area contributed by atoms with Gasteiger partial charge in [0.15, 0.2) is 0 Å². The Labute approximate surface area is 157 Å². The summed E-state index contributed by atoms with van der Waals surface area (Å²) in [5.41, 5.74) is 1.40. The number of imidazole rings is 1. The fourth-order valence-corrected chi connectivity index (χ4v) is 4.08. The van der Waals surface area contributed by atoms with Crippen molar-refractivity contribution in [3.63, 3.8) is 0 Å². The van der Waals surface area contributed by atoms with Crippen molar-refractivity contribution in [2.45, 2.75) is 52.5 Å². The molecule has 4 nitrogen and oxygen atoms in total. The van der Waals surface area contributed by atoms with Crippen molar-refractivity contribution < 1.29 is 4.79 Å². The average Bonchev–Trinajstić information content (AvgIpc) is 3.05. The van der Waals surface area contributed by atoms with Crippen LogP contribution in [0.5, 0.6) is 0 Å². The van der Waals surface area contributed by atoms with E-state index >= 15 is 0 Å². The molecule has 140 valence electrons. The molecule has 1 saturated carbocycles. The third-order valence-corrected chi connectivity index (χ3v) is 5.86. The highest BCUT2D eigenvalue weighted by atomic mass is 16.2. The molecule has 1 aromatic carbocycles. The smallest absolute Gasteiger partial charge is 0.223 e. The molecule has 1 atom stereocenters. The van der Waals surface area contributed by atoms with E-state index in [4.69, 9.17) is 0 Å². The lowest BCUT2D eigenvalue weighted by atomic mass is 9.69. The van der Waals surface area contributed by atoms with Crippen LogP contribution < -0.4 is 5.32 Å². The second kappa shape index (κ2) is 7.65. The van der Waals surface area contributed by atoms with Crippen molar-refractivity contribution in [1.82, 2.24) is 14.9 Å². The lowest BCUT2D eigenvalue weighted by Gasteiger charge is -2.36. The minimum absolute atomic E-state index is 0.111. The number of carbonyl (C=O) groups excluding carboxylic acids is 1. The molecule has 1 N–H and O–H groups in total. The predicted octanol–water partition coefficient (Wildman–Crippen LogP) is 4.48. The summed E-state index contributed by atoms with van der Waals surface area (Å²) in [5.74, 6) is 1.85. The minimum atomic E-state index is -0.205. The molecule has 0 spiro atoms. The first-order valence-electron chi connectivity index (χ1n) is 9.69. The summed E-state index contributed by atoms with van der Waals surface area (Å²) in [6.45, 7) is 6.93. The molecule has 3 rings (SSSR count). The number of aromatic nitrogens is 2. The topological polar surface area (TPSA) is 46.9 Å². The van der Waals surface area contributed by atoms with E-state index in [1.807, 2.05) is 36.0 Å². The molecular formula is C22H31N3O. The lowest BCUT2D eigenvalue weighted by molar-refractivity contribution is -0.127. The van der Waals surface area contributed by atoms with Gasteiger partial charge in [-0.05, 0) is 42.6 Å². The van der Waals surface area contributed by atoms with Crippen LogP contribution in [0.15, 0.2) is 42.7 Å². The molecule has 0 saturated heterocycles. The van der Waals surface area contributed by atoms with E-state index in [0.717, 1.165) is 37.1 Å². The van der Waals surface area contributed by atoms with Gasteiger partial charge in [0.25, 0.3) is 0 Å². The van der Waals surface area contributed by atoms with Crippen molar-refractivity contribution in [3.05, 3.63) is 54.1 Å². The molecule has 1 fully saturated rings. The Bertz CT molecular complexity index is 721. The summed E-state index contributed by atoms with van der Waals surface area (Å²) < 4.78 is 1.98. The fourth-order valence-electron chi connectivity index (χ4n) is 4.08. The number of aryl methyl sites for hydroxylation is 1. The molecular weight excluding hydrogens is 322 g/mol. The summed E-state index contributed by atoms with van der Waals surface area (Å²) >= 11 is 0. The molecule has 0 unspecified atom stereocenters. The Morgan fingerprint density at radius 2 is 1.81 bits per heavy atom. The molecule has 26 heavy (non-hydrogen) atoms. The Kier molecular flexibility index (Phi) is 5.49. The Balaban J connectivity index is 1.72. The average molecular weight is 354 g/mol. The third-order valence-electron chi connectivity index (χ3n) is 5.86. The molecule has 1 aromatic heterocycles. The van der Waals surface area contributed by atoms with Crippen LogP contribution in [0.1, 0.15) is 63.9 Å². The monoisotopic (exact) mass is 353 g/mol. The highest BCUT2D eigenvalue weighted by Crippen LogP contribution is 2.40. The van der Waals surface area contributed by atoms with Gasteiger partial charge in [0.2, 0.25) is 5.91 Å². The molecule has 4 heteroatoms. The number of hydrogen-bond donors (Lipinski definition) is 1. The maximum Gasteiger partial charge on any atom is 0.223 e. The van der Waals surface area contributed by atoms with Gasteiger partial charge in [0, 0.05) is 25.4 Å². The van der Waals surface area contributed by atoms with E-state index < -0.39 is 0 Å².